The van der Waals surface area contributed by atoms with Gasteiger partial charge in [0.25, 0.3) is 0 Å². The van der Waals surface area contributed by atoms with Crippen LogP contribution in [-0.4, -0.2) is 8.42 Å². The molecular formula is C19H21ClO2S. The van der Waals surface area contributed by atoms with E-state index in [2.05, 4.69) is 6.92 Å². The van der Waals surface area contributed by atoms with Gasteiger partial charge in [-0.15, -0.1) is 0 Å². The van der Waals surface area contributed by atoms with Crippen LogP contribution in [0.3, 0.4) is 0 Å². The van der Waals surface area contributed by atoms with Gasteiger partial charge in [0.2, 0.25) is 9.84 Å². The van der Waals surface area contributed by atoms with Crippen LogP contribution in [0.15, 0.2) is 52.3 Å². The highest BCUT2D eigenvalue weighted by Gasteiger charge is 2.23. The van der Waals surface area contributed by atoms with Gasteiger partial charge in [-0.2, -0.15) is 0 Å². The molecule has 23 heavy (non-hydrogen) atoms. The third kappa shape index (κ3) is 3.31. The van der Waals surface area contributed by atoms with Crippen LogP contribution in [0.1, 0.15) is 49.7 Å². The first-order chi connectivity index (χ1) is 11.0. The largest absolute Gasteiger partial charge is 0.219 e. The lowest BCUT2D eigenvalue weighted by molar-refractivity contribution is 0.514. The maximum absolute atomic E-state index is 12.8. The van der Waals surface area contributed by atoms with Crippen molar-refractivity contribution in [1.29, 1.82) is 0 Å². The van der Waals surface area contributed by atoms with Gasteiger partial charge in [0, 0.05) is 5.02 Å². The van der Waals surface area contributed by atoms with E-state index in [1.54, 1.807) is 24.3 Å². The highest BCUT2D eigenvalue weighted by atomic mass is 35.5. The number of hydrogen-bond acceptors (Lipinski definition) is 2. The number of rotatable bonds is 4. The number of benzene rings is 2. The Bertz CT molecular complexity index is 812. The van der Waals surface area contributed by atoms with Crippen molar-refractivity contribution in [2.24, 2.45) is 0 Å². The van der Waals surface area contributed by atoms with Crippen molar-refractivity contribution in [3.05, 3.63) is 58.6 Å². The van der Waals surface area contributed by atoms with Crippen LogP contribution < -0.4 is 0 Å². The Balaban J connectivity index is 2.01. The van der Waals surface area contributed by atoms with Gasteiger partial charge >= 0.3 is 0 Å². The zero-order chi connectivity index (χ0) is 16.4. The van der Waals surface area contributed by atoms with Crippen LogP contribution in [-0.2, 0) is 16.3 Å². The van der Waals surface area contributed by atoms with Gasteiger partial charge in [-0.25, -0.2) is 8.42 Å². The number of hydrogen-bond donors (Lipinski definition) is 0. The Morgan fingerprint density at radius 2 is 1.91 bits per heavy atom. The van der Waals surface area contributed by atoms with E-state index in [0.717, 1.165) is 19.3 Å². The molecule has 0 spiro atoms. The summed E-state index contributed by atoms with van der Waals surface area (Å²) in [4.78, 5) is 0.626. The van der Waals surface area contributed by atoms with Gasteiger partial charge in [0.15, 0.2) is 0 Å². The topological polar surface area (TPSA) is 34.1 Å². The summed E-state index contributed by atoms with van der Waals surface area (Å²) in [5.74, 6) is 0.576. The maximum atomic E-state index is 12.8. The van der Waals surface area contributed by atoms with Crippen molar-refractivity contribution >= 4 is 21.4 Å². The predicted molar refractivity (Wildman–Crippen MR) is 93.9 cm³/mol. The first kappa shape index (κ1) is 16.5. The highest BCUT2D eigenvalue weighted by molar-refractivity contribution is 7.91. The third-order valence-electron chi connectivity index (χ3n) is 4.61. The monoisotopic (exact) mass is 348 g/mol. The van der Waals surface area contributed by atoms with Gasteiger partial charge < -0.3 is 0 Å². The number of sulfone groups is 1. The summed E-state index contributed by atoms with van der Waals surface area (Å²) in [6.07, 6.45) is 5.65. The molecule has 1 unspecified atom stereocenters. The van der Waals surface area contributed by atoms with Crippen LogP contribution >= 0.6 is 11.6 Å². The van der Waals surface area contributed by atoms with E-state index >= 15 is 0 Å². The fourth-order valence-corrected chi connectivity index (χ4v) is 5.09. The molecule has 122 valence electrons. The van der Waals surface area contributed by atoms with E-state index < -0.39 is 9.84 Å². The van der Waals surface area contributed by atoms with Gasteiger partial charge in [0.05, 0.1) is 9.79 Å². The summed E-state index contributed by atoms with van der Waals surface area (Å²) >= 11 is 5.94. The van der Waals surface area contributed by atoms with Crippen LogP contribution in [0.5, 0.6) is 0 Å². The molecule has 0 heterocycles. The first-order valence-electron chi connectivity index (χ1n) is 8.16. The van der Waals surface area contributed by atoms with Gasteiger partial charge in [-0.1, -0.05) is 37.1 Å². The third-order valence-corrected chi connectivity index (χ3v) is 6.59. The minimum Gasteiger partial charge on any atom is -0.219 e. The molecule has 2 aromatic carbocycles. The second kappa shape index (κ2) is 6.66. The van der Waals surface area contributed by atoms with Crippen LogP contribution in [0.2, 0.25) is 5.02 Å². The Morgan fingerprint density at radius 1 is 1.13 bits per heavy atom. The standard InChI is InChI=1S/C19H21ClO2S/c1-2-5-14-6-3-7-15-12-18(10-11-19(14)15)23(21,22)17-9-4-8-16(20)13-17/h4,8-14H,2-3,5-7H2,1H3. The average molecular weight is 349 g/mol. The average Bonchev–Trinajstić information content (AvgIpc) is 2.55. The summed E-state index contributed by atoms with van der Waals surface area (Å²) in [5, 5.41) is 0.437. The van der Waals surface area contributed by atoms with Crippen LogP contribution in [0, 0.1) is 0 Å². The Labute approximate surface area is 143 Å². The molecule has 1 aliphatic rings. The fourth-order valence-electron chi connectivity index (χ4n) is 3.48. The van der Waals surface area contributed by atoms with E-state index in [-0.39, 0.29) is 4.90 Å². The minimum atomic E-state index is -3.51. The molecule has 0 aromatic heterocycles. The summed E-state index contributed by atoms with van der Waals surface area (Å²) in [6, 6.07) is 12.1. The van der Waals surface area contributed by atoms with Crippen molar-refractivity contribution in [2.75, 3.05) is 0 Å². The van der Waals surface area contributed by atoms with E-state index in [0.29, 0.717) is 15.8 Å². The molecule has 2 nitrogen and oxygen atoms in total. The Kier molecular flexibility index (Phi) is 4.79. The number of aryl methyl sites for hydroxylation is 1. The summed E-state index contributed by atoms with van der Waals surface area (Å²) < 4.78 is 25.6. The molecule has 0 saturated carbocycles. The minimum absolute atomic E-state index is 0.255. The number of halogens is 1. The summed E-state index contributed by atoms with van der Waals surface area (Å²) in [7, 11) is -3.51. The van der Waals surface area contributed by atoms with Crippen molar-refractivity contribution in [3.8, 4) is 0 Å². The summed E-state index contributed by atoms with van der Waals surface area (Å²) in [5.41, 5.74) is 2.53. The fraction of sp³-hybridized carbons (Fsp3) is 0.368. The van der Waals surface area contributed by atoms with E-state index in [1.807, 2.05) is 12.1 Å². The zero-order valence-corrected chi connectivity index (χ0v) is 14.8. The van der Waals surface area contributed by atoms with Gasteiger partial charge in [-0.3, -0.25) is 0 Å². The Hall–Kier alpha value is -1.32. The molecule has 0 amide bonds. The van der Waals surface area contributed by atoms with Gasteiger partial charge in [-0.05, 0) is 73.1 Å². The van der Waals surface area contributed by atoms with Crippen molar-refractivity contribution in [2.45, 2.75) is 54.7 Å². The molecule has 1 aliphatic carbocycles. The van der Waals surface area contributed by atoms with Gasteiger partial charge in [0.1, 0.15) is 0 Å². The molecule has 0 radical (unpaired) electrons. The smallest absolute Gasteiger partial charge is 0.206 e. The first-order valence-corrected chi connectivity index (χ1v) is 10.0. The lowest BCUT2D eigenvalue weighted by atomic mass is 9.81. The van der Waals surface area contributed by atoms with Crippen molar-refractivity contribution in [3.63, 3.8) is 0 Å². The maximum Gasteiger partial charge on any atom is 0.206 e. The molecule has 0 saturated heterocycles. The molecule has 3 rings (SSSR count). The van der Waals surface area contributed by atoms with E-state index in [1.165, 1.54) is 30.0 Å². The Morgan fingerprint density at radius 3 is 2.65 bits per heavy atom. The molecule has 0 bridgehead atoms. The van der Waals surface area contributed by atoms with E-state index in [4.69, 9.17) is 11.6 Å². The molecule has 1 atom stereocenters. The van der Waals surface area contributed by atoms with Crippen molar-refractivity contribution in [1.82, 2.24) is 0 Å². The highest BCUT2D eigenvalue weighted by Crippen LogP contribution is 2.36. The predicted octanol–water partition coefficient (Wildman–Crippen LogP) is 5.39. The van der Waals surface area contributed by atoms with Crippen LogP contribution in [0.25, 0.3) is 0 Å². The van der Waals surface area contributed by atoms with E-state index in [9.17, 15) is 8.42 Å². The second-order valence-electron chi connectivity index (χ2n) is 6.20. The lowest BCUT2D eigenvalue weighted by Crippen LogP contribution is -2.11. The molecule has 0 fully saturated rings. The normalized spacial score (nSPS) is 17.7. The lowest BCUT2D eigenvalue weighted by Gasteiger charge is -2.25. The molecule has 4 heteroatoms. The quantitative estimate of drug-likeness (QED) is 0.742. The summed E-state index contributed by atoms with van der Waals surface area (Å²) in [6.45, 7) is 2.20. The van der Waals surface area contributed by atoms with Crippen LogP contribution in [0.4, 0.5) is 0 Å². The molecular weight excluding hydrogens is 328 g/mol. The molecule has 2 aromatic rings. The second-order valence-corrected chi connectivity index (χ2v) is 8.59. The molecule has 0 N–H and O–H groups in total. The SMILES string of the molecule is CCCC1CCCc2cc(S(=O)(=O)c3cccc(Cl)c3)ccc21. The number of fused-ring (bicyclic) bond motifs is 1. The zero-order valence-electron chi connectivity index (χ0n) is 13.3. The van der Waals surface area contributed by atoms with Crippen molar-refractivity contribution < 1.29 is 8.42 Å². The molecule has 0 aliphatic heterocycles.